The van der Waals surface area contributed by atoms with Crippen LogP contribution in [-0.2, 0) is 14.8 Å². The molecule has 43 heavy (non-hydrogen) atoms. The maximum Gasteiger partial charge on any atom is 0.273 e. The van der Waals surface area contributed by atoms with Crippen molar-refractivity contribution in [3.63, 3.8) is 0 Å². The Kier molecular flexibility index (Phi) is 10.1. The Bertz CT molecular complexity index is 1780. The highest BCUT2D eigenvalue weighted by atomic mass is 35.5. The van der Waals surface area contributed by atoms with Gasteiger partial charge in [-0.15, -0.1) is 0 Å². The number of hydrogen-bond acceptors (Lipinski definition) is 7. The number of carbonyl (C=O) groups excluding carboxylic acids is 3. The first-order valence-corrected chi connectivity index (χ1v) is 14.6. The molecule has 0 aromatic heterocycles. The Morgan fingerprint density at radius 2 is 1.49 bits per heavy atom. The van der Waals surface area contributed by atoms with E-state index in [0.29, 0.717) is 16.5 Å². The number of amides is 3. The Hall–Kier alpha value is -4.78. The van der Waals surface area contributed by atoms with Gasteiger partial charge in [-0.05, 0) is 54.6 Å². The standard InChI is InChI=1S/C29H24Cl2N4O7S/c1-41-26-16-19(30)13-14-24(26)32-27(36)17-42-25-12-5-2-9-21(25)29(38)34-33-28(37)18-7-6-8-20(15-18)43(39,40)35-23-11-4-3-10-22(23)31/h2-16,35H,17H2,1H3,(H,32,36)(H,33,37)(H,34,38). The van der Waals surface area contributed by atoms with E-state index >= 15 is 0 Å². The van der Waals surface area contributed by atoms with Crippen LogP contribution in [0.1, 0.15) is 20.7 Å². The fraction of sp³-hybridized carbons (Fsp3) is 0.0690. The van der Waals surface area contributed by atoms with Crippen molar-refractivity contribution >= 4 is 62.3 Å². The zero-order valence-corrected chi connectivity index (χ0v) is 24.7. The van der Waals surface area contributed by atoms with E-state index in [1.807, 2.05) is 0 Å². The van der Waals surface area contributed by atoms with E-state index in [1.165, 1.54) is 49.6 Å². The quantitative estimate of drug-likeness (QED) is 0.180. The molecule has 0 aliphatic heterocycles. The number of halogens is 2. The van der Waals surface area contributed by atoms with Gasteiger partial charge in [-0.25, -0.2) is 8.42 Å². The number of methoxy groups -OCH3 is 1. The van der Waals surface area contributed by atoms with Crippen molar-refractivity contribution in [3.8, 4) is 11.5 Å². The average molecular weight is 644 g/mol. The zero-order chi connectivity index (χ0) is 31.0. The first-order chi connectivity index (χ1) is 20.6. The Morgan fingerprint density at radius 3 is 2.26 bits per heavy atom. The third-order valence-corrected chi connectivity index (χ3v) is 7.67. The summed E-state index contributed by atoms with van der Waals surface area (Å²) in [4.78, 5) is 37.9. The highest BCUT2D eigenvalue weighted by molar-refractivity contribution is 7.92. The smallest absolute Gasteiger partial charge is 0.273 e. The van der Waals surface area contributed by atoms with Gasteiger partial charge < -0.3 is 14.8 Å². The highest BCUT2D eigenvalue weighted by Crippen LogP contribution is 2.28. The van der Waals surface area contributed by atoms with Crippen LogP contribution in [0.5, 0.6) is 11.5 Å². The van der Waals surface area contributed by atoms with Gasteiger partial charge in [0.1, 0.15) is 11.5 Å². The molecule has 0 atom stereocenters. The fourth-order valence-electron chi connectivity index (χ4n) is 3.68. The van der Waals surface area contributed by atoms with Crippen molar-refractivity contribution in [1.29, 1.82) is 0 Å². The largest absolute Gasteiger partial charge is 0.495 e. The minimum Gasteiger partial charge on any atom is -0.495 e. The summed E-state index contributed by atoms with van der Waals surface area (Å²) in [6, 6.07) is 22.3. The number of ether oxygens (including phenoxy) is 2. The lowest BCUT2D eigenvalue weighted by Gasteiger charge is -2.14. The molecular formula is C29H24Cl2N4O7S. The number of anilines is 2. The number of carbonyl (C=O) groups is 3. The van der Waals surface area contributed by atoms with E-state index in [1.54, 1.807) is 42.5 Å². The molecule has 0 heterocycles. The second-order valence-corrected chi connectivity index (χ2v) is 11.2. The van der Waals surface area contributed by atoms with Crippen molar-refractivity contribution in [2.45, 2.75) is 4.90 Å². The van der Waals surface area contributed by atoms with E-state index in [9.17, 15) is 22.8 Å². The predicted octanol–water partition coefficient (Wildman–Crippen LogP) is 4.90. The second kappa shape index (κ2) is 13.9. The second-order valence-electron chi connectivity index (χ2n) is 8.70. The van der Waals surface area contributed by atoms with E-state index in [2.05, 4.69) is 20.9 Å². The summed E-state index contributed by atoms with van der Waals surface area (Å²) in [5.41, 5.74) is 5.05. The highest BCUT2D eigenvalue weighted by Gasteiger charge is 2.19. The number of rotatable bonds is 10. The topological polar surface area (TPSA) is 152 Å². The molecule has 4 aromatic rings. The van der Waals surface area contributed by atoms with Crippen LogP contribution in [0.25, 0.3) is 0 Å². The minimum absolute atomic E-state index is 0.0277. The lowest BCUT2D eigenvalue weighted by molar-refractivity contribution is -0.118. The third-order valence-electron chi connectivity index (χ3n) is 5.74. The molecule has 0 saturated heterocycles. The molecule has 4 rings (SSSR count). The molecule has 4 N–H and O–H groups in total. The van der Waals surface area contributed by atoms with Crippen molar-refractivity contribution < 1.29 is 32.3 Å². The van der Waals surface area contributed by atoms with E-state index < -0.39 is 34.4 Å². The summed E-state index contributed by atoms with van der Waals surface area (Å²) >= 11 is 12.0. The van der Waals surface area contributed by atoms with Gasteiger partial charge in [0.05, 0.1) is 34.0 Å². The Morgan fingerprint density at radius 1 is 0.767 bits per heavy atom. The lowest BCUT2D eigenvalue weighted by Crippen LogP contribution is -2.41. The average Bonchev–Trinajstić information content (AvgIpc) is 3.00. The van der Waals surface area contributed by atoms with Crippen molar-refractivity contribution in [2.24, 2.45) is 0 Å². The molecule has 0 aliphatic rings. The molecule has 0 fully saturated rings. The van der Waals surface area contributed by atoms with Gasteiger partial charge in [-0.3, -0.25) is 30.0 Å². The summed E-state index contributed by atoms with van der Waals surface area (Å²) in [6.07, 6.45) is 0. The van der Waals surface area contributed by atoms with Gasteiger partial charge in [0.25, 0.3) is 27.7 Å². The molecule has 14 heteroatoms. The molecule has 0 unspecified atom stereocenters. The summed E-state index contributed by atoms with van der Waals surface area (Å²) in [7, 11) is -2.64. The summed E-state index contributed by atoms with van der Waals surface area (Å²) in [5, 5.41) is 3.27. The van der Waals surface area contributed by atoms with Gasteiger partial charge >= 0.3 is 0 Å². The molecule has 4 aromatic carbocycles. The number of hydrazine groups is 1. The van der Waals surface area contributed by atoms with Crippen LogP contribution in [0.2, 0.25) is 10.0 Å². The SMILES string of the molecule is COc1cc(Cl)ccc1NC(=O)COc1ccccc1C(=O)NNC(=O)c1cccc(S(=O)(=O)Nc2ccccc2Cl)c1. The van der Waals surface area contributed by atoms with Gasteiger partial charge in [0.2, 0.25) is 0 Å². The minimum atomic E-state index is -4.07. The molecule has 0 spiro atoms. The summed E-state index contributed by atoms with van der Waals surface area (Å²) in [5.74, 6) is -1.61. The first kappa shape index (κ1) is 31.2. The Labute approximate surface area is 257 Å². The molecule has 0 radical (unpaired) electrons. The van der Waals surface area contributed by atoms with Gasteiger partial charge in [0, 0.05) is 16.7 Å². The summed E-state index contributed by atoms with van der Waals surface area (Å²) in [6.45, 7) is -0.439. The number of para-hydroxylation sites is 2. The van der Waals surface area contributed by atoms with E-state index in [0.717, 1.165) is 6.07 Å². The molecule has 0 saturated carbocycles. The van der Waals surface area contributed by atoms with Crippen molar-refractivity contribution in [3.05, 3.63) is 112 Å². The van der Waals surface area contributed by atoms with Crippen molar-refractivity contribution in [2.75, 3.05) is 23.8 Å². The lowest BCUT2D eigenvalue weighted by atomic mass is 10.2. The molecule has 0 bridgehead atoms. The van der Waals surface area contributed by atoms with Crippen LogP contribution in [0.3, 0.4) is 0 Å². The first-order valence-electron chi connectivity index (χ1n) is 12.4. The maximum atomic E-state index is 12.9. The molecule has 11 nitrogen and oxygen atoms in total. The molecule has 3 amide bonds. The summed E-state index contributed by atoms with van der Waals surface area (Å²) < 4.78 is 38.8. The van der Waals surface area contributed by atoms with E-state index in [4.69, 9.17) is 32.7 Å². The molecular weight excluding hydrogens is 619 g/mol. The van der Waals surface area contributed by atoms with Gasteiger partial charge in [-0.1, -0.05) is 53.5 Å². The fourth-order valence-corrected chi connectivity index (χ4v) is 5.21. The third kappa shape index (κ3) is 8.16. The van der Waals surface area contributed by atoms with Crippen LogP contribution < -0.4 is 30.4 Å². The van der Waals surface area contributed by atoms with Gasteiger partial charge in [-0.2, -0.15) is 0 Å². The monoisotopic (exact) mass is 642 g/mol. The predicted molar refractivity (Wildman–Crippen MR) is 162 cm³/mol. The number of nitrogens with one attached hydrogen (secondary N) is 4. The van der Waals surface area contributed by atoms with Crippen LogP contribution in [0.4, 0.5) is 11.4 Å². The molecule has 0 aliphatic carbocycles. The molecule has 222 valence electrons. The van der Waals surface area contributed by atoms with Crippen LogP contribution in [0.15, 0.2) is 95.9 Å². The number of sulfonamides is 1. The van der Waals surface area contributed by atoms with E-state index in [-0.39, 0.29) is 32.5 Å². The van der Waals surface area contributed by atoms with Crippen molar-refractivity contribution in [1.82, 2.24) is 10.9 Å². The maximum absolute atomic E-state index is 12.9. The van der Waals surface area contributed by atoms with Crippen LogP contribution >= 0.6 is 23.2 Å². The van der Waals surface area contributed by atoms with Crippen LogP contribution in [-0.4, -0.2) is 39.9 Å². The normalized spacial score (nSPS) is 10.8. The number of benzene rings is 4. The number of hydrogen-bond donors (Lipinski definition) is 4. The Balaban J connectivity index is 1.37. The zero-order valence-electron chi connectivity index (χ0n) is 22.4. The van der Waals surface area contributed by atoms with Gasteiger partial charge in [0.15, 0.2) is 6.61 Å². The van der Waals surface area contributed by atoms with Crippen LogP contribution in [0, 0.1) is 0 Å².